The molecular weight excluding hydrogens is 164 g/mol. The van der Waals surface area contributed by atoms with Crippen LogP contribution in [0.25, 0.3) is 11.0 Å². The molecule has 0 spiro atoms. The van der Waals surface area contributed by atoms with Gasteiger partial charge < -0.3 is 10.2 Å². The van der Waals surface area contributed by atoms with Gasteiger partial charge in [0.25, 0.3) is 0 Å². The van der Waals surface area contributed by atoms with Gasteiger partial charge in [-0.1, -0.05) is 13.8 Å². The van der Waals surface area contributed by atoms with Crippen LogP contribution < -0.4 is 5.73 Å². The first-order valence-corrected chi connectivity index (χ1v) is 4.31. The Balaban J connectivity index is 2.79. The fourth-order valence-corrected chi connectivity index (χ4v) is 1.46. The van der Waals surface area contributed by atoms with Crippen LogP contribution in [0.4, 0.5) is 5.82 Å². The van der Waals surface area contributed by atoms with E-state index in [0.717, 1.165) is 16.5 Å². The first kappa shape index (κ1) is 8.10. The SMILES string of the molecule is CC(C)c1coc2ccnc(N)c12. The van der Waals surface area contributed by atoms with Crippen molar-refractivity contribution < 1.29 is 4.42 Å². The Bertz CT molecular complexity index is 431. The van der Waals surface area contributed by atoms with Gasteiger partial charge in [0.2, 0.25) is 0 Å². The van der Waals surface area contributed by atoms with E-state index in [0.29, 0.717) is 11.7 Å². The van der Waals surface area contributed by atoms with Crippen molar-refractivity contribution in [3.63, 3.8) is 0 Å². The predicted molar refractivity (Wildman–Crippen MR) is 52.5 cm³/mol. The Morgan fingerprint density at radius 1 is 1.46 bits per heavy atom. The molecule has 0 amide bonds. The molecule has 13 heavy (non-hydrogen) atoms. The zero-order valence-corrected chi connectivity index (χ0v) is 7.74. The van der Waals surface area contributed by atoms with Crippen molar-refractivity contribution in [3.05, 3.63) is 24.1 Å². The highest BCUT2D eigenvalue weighted by atomic mass is 16.3. The van der Waals surface area contributed by atoms with Gasteiger partial charge in [0, 0.05) is 11.8 Å². The number of aromatic nitrogens is 1. The number of nitrogens with zero attached hydrogens (tertiary/aromatic N) is 1. The summed E-state index contributed by atoms with van der Waals surface area (Å²) in [6.07, 6.45) is 3.42. The van der Waals surface area contributed by atoms with Crippen molar-refractivity contribution >= 4 is 16.8 Å². The second-order valence-corrected chi connectivity index (χ2v) is 3.42. The Hall–Kier alpha value is -1.51. The second-order valence-electron chi connectivity index (χ2n) is 3.42. The van der Waals surface area contributed by atoms with Gasteiger partial charge in [0.1, 0.15) is 11.4 Å². The summed E-state index contributed by atoms with van der Waals surface area (Å²) in [4.78, 5) is 4.04. The third-order valence-corrected chi connectivity index (χ3v) is 2.17. The normalized spacial score (nSPS) is 11.3. The van der Waals surface area contributed by atoms with Crippen LogP contribution in [0.3, 0.4) is 0 Å². The van der Waals surface area contributed by atoms with Crippen molar-refractivity contribution in [1.29, 1.82) is 0 Å². The lowest BCUT2D eigenvalue weighted by molar-refractivity contribution is 0.606. The summed E-state index contributed by atoms with van der Waals surface area (Å²) in [5, 5.41) is 0.956. The lowest BCUT2D eigenvalue weighted by atomic mass is 10.0. The molecule has 2 N–H and O–H groups in total. The van der Waals surface area contributed by atoms with E-state index < -0.39 is 0 Å². The zero-order chi connectivity index (χ0) is 9.42. The summed E-state index contributed by atoms with van der Waals surface area (Å²) >= 11 is 0. The summed E-state index contributed by atoms with van der Waals surface area (Å²) in [5.74, 6) is 0.961. The molecule has 0 radical (unpaired) electrons. The number of anilines is 1. The average molecular weight is 176 g/mol. The molecule has 0 atom stereocenters. The largest absolute Gasteiger partial charge is 0.464 e. The summed E-state index contributed by atoms with van der Waals surface area (Å²) in [5.41, 5.74) is 7.71. The number of nitrogens with two attached hydrogens (primary N) is 1. The van der Waals surface area contributed by atoms with Crippen LogP contribution in [-0.4, -0.2) is 4.98 Å². The molecular formula is C10H12N2O. The number of hydrogen-bond donors (Lipinski definition) is 1. The number of hydrogen-bond acceptors (Lipinski definition) is 3. The van der Waals surface area contributed by atoms with Crippen LogP contribution >= 0.6 is 0 Å². The number of nitrogen functional groups attached to an aromatic ring is 1. The maximum atomic E-state index is 5.77. The Morgan fingerprint density at radius 3 is 2.92 bits per heavy atom. The summed E-state index contributed by atoms with van der Waals surface area (Å²) in [6.45, 7) is 4.22. The second kappa shape index (κ2) is 2.76. The molecule has 0 fully saturated rings. The Labute approximate surface area is 76.6 Å². The van der Waals surface area contributed by atoms with Gasteiger partial charge in [-0.15, -0.1) is 0 Å². The van der Waals surface area contributed by atoms with Gasteiger partial charge >= 0.3 is 0 Å². The van der Waals surface area contributed by atoms with Gasteiger partial charge in [-0.25, -0.2) is 4.98 Å². The quantitative estimate of drug-likeness (QED) is 0.726. The highest BCUT2D eigenvalue weighted by Crippen LogP contribution is 2.29. The van der Waals surface area contributed by atoms with E-state index in [4.69, 9.17) is 10.2 Å². The molecule has 0 aliphatic heterocycles. The predicted octanol–water partition coefficient (Wildman–Crippen LogP) is 2.53. The minimum Gasteiger partial charge on any atom is -0.464 e. The summed E-state index contributed by atoms with van der Waals surface area (Å²) in [6, 6.07) is 1.83. The molecule has 3 heteroatoms. The maximum absolute atomic E-state index is 5.77. The molecule has 2 aromatic heterocycles. The first-order valence-electron chi connectivity index (χ1n) is 4.31. The molecule has 2 rings (SSSR count). The molecule has 0 aromatic carbocycles. The van der Waals surface area contributed by atoms with Crippen LogP contribution in [0, 0.1) is 0 Å². The van der Waals surface area contributed by atoms with Crippen molar-refractivity contribution in [2.75, 3.05) is 5.73 Å². The summed E-state index contributed by atoms with van der Waals surface area (Å²) < 4.78 is 5.37. The molecule has 68 valence electrons. The molecule has 0 saturated heterocycles. The standard InChI is InChI=1S/C10H12N2O/c1-6(2)7-5-13-8-3-4-12-10(11)9(7)8/h3-6H,1-2H3,(H2,11,12). The van der Waals surface area contributed by atoms with E-state index >= 15 is 0 Å². The molecule has 0 unspecified atom stereocenters. The monoisotopic (exact) mass is 176 g/mol. The number of furan rings is 1. The van der Waals surface area contributed by atoms with Crippen LogP contribution in [0.1, 0.15) is 25.3 Å². The van der Waals surface area contributed by atoms with Crippen molar-refractivity contribution in [2.45, 2.75) is 19.8 Å². The highest BCUT2D eigenvalue weighted by Gasteiger charge is 2.11. The highest BCUT2D eigenvalue weighted by molar-refractivity contribution is 5.90. The molecule has 0 bridgehead atoms. The number of rotatable bonds is 1. The van der Waals surface area contributed by atoms with Crippen LogP contribution in [-0.2, 0) is 0 Å². The van der Waals surface area contributed by atoms with Crippen molar-refractivity contribution in [2.24, 2.45) is 0 Å². The Kier molecular flexibility index (Phi) is 1.72. The van der Waals surface area contributed by atoms with E-state index in [2.05, 4.69) is 18.8 Å². The topological polar surface area (TPSA) is 52.0 Å². The minimum atomic E-state index is 0.410. The molecule has 2 heterocycles. The third kappa shape index (κ3) is 1.16. The first-order chi connectivity index (χ1) is 6.20. The van der Waals surface area contributed by atoms with Gasteiger partial charge in [-0.2, -0.15) is 0 Å². The van der Waals surface area contributed by atoms with Crippen LogP contribution in [0.2, 0.25) is 0 Å². The van der Waals surface area contributed by atoms with E-state index in [-0.39, 0.29) is 0 Å². The molecule has 0 saturated carbocycles. The molecule has 2 aromatic rings. The van der Waals surface area contributed by atoms with Crippen molar-refractivity contribution in [1.82, 2.24) is 4.98 Å². The molecule has 0 aliphatic rings. The zero-order valence-electron chi connectivity index (χ0n) is 7.74. The smallest absolute Gasteiger partial charge is 0.139 e. The summed E-state index contributed by atoms with van der Waals surface area (Å²) in [7, 11) is 0. The van der Waals surface area contributed by atoms with Gasteiger partial charge in [0.15, 0.2) is 0 Å². The van der Waals surface area contributed by atoms with Crippen LogP contribution in [0.15, 0.2) is 22.9 Å². The lowest BCUT2D eigenvalue weighted by Crippen LogP contribution is -1.92. The number of fused-ring (bicyclic) bond motifs is 1. The van der Waals surface area contributed by atoms with E-state index in [1.54, 1.807) is 12.5 Å². The average Bonchev–Trinajstić information content (AvgIpc) is 2.49. The van der Waals surface area contributed by atoms with Crippen LogP contribution in [0.5, 0.6) is 0 Å². The fourth-order valence-electron chi connectivity index (χ4n) is 1.46. The molecule has 3 nitrogen and oxygen atoms in total. The van der Waals surface area contributed by atoms with Gasteiger partial charge in [0.05, 0.1) is 11.6 Å². The van der Waals surface area contributed by atoms with Gasteiger partial charge in [-0.05, 0) is 12.0 Å². The van der Waals surface area contributed by atoms with Crippen molar-refractivity contribution in [3.8, 4) is 0 Å². The third-order valence-electron chi connectivity index (χ3n) is 2.17. The minimum absolute atomic E-state index is 0.410. The molecule has 0 aliphatic carbocycles. The van der Waals surface area contributed by atoms with E-state index in [9.17, 15) is 0 Å². The van der Waals surface area contributed by atoms with E-state index in [1.165, 1.54) is 0 Å². The Morgan fingerprint density at radius 2 is 2.23 bits per heavy atom. The fraction of sp³-hybridized carbons (Fsp3) is 0.300. The van der Waals surface area contributed by atoms with Gasteiger partial charge in [-0.3, -0.25) is 0 Å². The van der Waals surface area contributed by atoms with E-state index in [1.807, 2.05) is 6.07 Å². The lowest BCUT2D eigenvalue weighted by Gasteiger charge is -2.01. The number of pyridine rings is 1. The maximum Gasteiger partial charge on any atom is 0.139 e.